The van der Waals surface area contributed by atoms with Crippen LogP contribution in [0.4, 0.5) is 5.13 Å². The SMILES string of the molecule is Cc1nsc(NC2CC(C)C2)n1. The molecule has 1 saturated carbocycles. The molecule has 12 heavy (non-hydrogen) atoms. The van der Waals surface area contributed by atoms with Crippen LogP contribution in [-0.4, -0.2) is 15.4 Å². The number of aromatic nitrogens is 2. The first kappa shape index (κ1) is 7.98. The average Bonchev–Trinajstić information content (AvgIpc) is 2.33. The van der Waals surface area contributed by atoms with Crippen LogP contribution >= 0.6 is 11.5 Å². The van der Waals surface area contributed by atoms with E-state index in [-0.39, 0.29) is 0 Å². The quantitative estimate of drug-likeness (QED) is 0.762. The number of nitrogens with one attached hydrogen (secondary N) is 1. The Bertz CT molecular complexity index is 265. The molecule has 1 heterocycles. The number of hydrogen-bond acceptors (Lipinski definition) is 4. The largest absolute Gasteiger partial charge is 0.358 e. The molecule has 0 aromatic carbocycles. The van der Waals surface area contributed by atoms with E-state index >= 15 is 0 Å². The van der Waals surface area contributed by atoms with Gasteiger partial charge in [0.15, 0.2) is 0 Å². The molecule has 1 aliphatic carbocycles. The van der Waals surface area contributed by atoms with Crippen LogP contribution in [0.3, 0.4) is 0 Å². The van der Waals surface area contributed by atoms with E-state index in [1.165, 1.54) is 24.4 Å². The minimum absolute atomic E-state index is 0.646. The van der Waals surface area contributed by atoms with Gasteiger partial charge in [-0.3, -0.25) is 0 Å². The van der Waals surface area contributed by atoms with Gasteiger partial charge in [0, 0.05) is 17.6 Å². The lowest BCUT2D eigenvalue weighted by atomic mass is 9.82. The number of anilines is 1. The third kappa shape index (κ3) is 1.58. The van der Waals surface area contributed by atoms with Crippen LogP contribution in [-0.2, 0) is 0 Å². The van der Waals surface area contributed by atoms with Crippen LogP contribution in [0, 0.1) is 12.8 Å². The summed E-state index contributed by atoms with van der Waals surface area (Å²) in [5.41, 5.74) is 0. The number of hydrogen-bond donors (Lipinski definition) is 1. The summed E-state index contributed by atoms with van der Waals surface area (Å²) in [4.78, 5) is 4.25. The highest BCUT2D eigenvalue weighted by atomic mass is 32.1. The number of aryl methyl sites for hydroxylation is 1. The van der Waals surface area contributed by atoms with Gasteiger partial charge in [-0.15, -0.1) is 0 Å². The summed E-state index contributed by atoms with van der Waals surface area (Å²) in [5.74, 6) is 1.76. The maximum Gasteiger partial charge on any atom is 0.202 e. The van der Waals surface area contributed by atoms with Gasteiger partial charge in [0.1, 0.15) is 5.82 Å². The molecule has 2 rings (SSSR count). The van der Waals surface area contributed by atoms with Gasteiger partial charge in [-0.2, -0.15) is 4.37 Å². The molecular formula is C8H13N3S. The Morgan fingerprint density at radius 1 is 1.50 bits per heavy atom. The first-order chi connectivity index (χ1) is 5.74. The Labute approximate surface area is 76.4 Å². The normalized spacial score (nSPS) is 28.2. The minimum atomic E-state index is 0.646. The second-order valence-electron chi connectivity index (χ2n) is 3.56. The van der Waals surface area contributed by atoms with E-state index in [0.717, 1.165) is 16.9 Å². The van der Waals surface area contributed by atoms with Gasteiger partial charge < -0.3 is 5.32 Å². The molecule has 0 unspecified atom stereocenters. The number of nitrogens with zero attached hydrogens (tertiary/aromatic N) is 2. The van der Waals surface area contributed by atoms with Crippen molar-refractivity contribution in [1.82, 2.24) is 9.36 Å². The zero-order valence-corrected chi connectivity index (χ0v) is 8.19. The first-order valence-electron chi connectivity index (χ1n) is 4.31. The second kappa shape index (κ2) is 3.01. The zero-order chi connectivity index (χ0) is 8.55. The fourth-order valence-corrected chi connectivity index (χ4v) is 2.20. The molecule has 0 saturated heterocycles. The highest BCUT2D eigenvalue weighted by Gasteiger charge is 2.25. The molecule has 1 aromatic heterocycles. The molecule has 1 N–H and O–H groups in total. The van der Waals surface area contributed by atoms with Crippen LogP contribution < -0.4 is 5.32 Å². The molecule has 3 nitrogen and oxygen atoms in total. The summed E-state index contributed by atoms with van der Waals surface area (Å²) in [6, 6.07) is 0.646. The Kier molecular flexibility index (Phi) is 2.00. The van der Waals surface area contributed by atoms with Crippen molar-refractivity contribution in [1.29, 1.82) is 0 Å². The van der Waals surface area contributed by atoms with Gasteiger partial charge in [-0.25, -0.2) is 4.98 Å². The molecule has 0 atom stereocenters. The molecule has 0 radical (unpaired) electrons. The van der Waals surface area contributed by atoms with Gasteiger partial charge in [0.25, 0.3) is 0 Å². The lowest BCUT2D eigenvalue weighted by Crippen LogP contribution is -2.33. The summed E-state index contributed by atoms with van der Waals surface area (Å²) < 4.78 is 4.12. The molecule has 1 fully saturated rings. The highest BCUT2D eigenvalue weighted by Crippen LogP contribution is 2.29. The molecule has 1 aliphatic rings. The Morgan fingerprint density at radius 3 is 2.75 bits per heavy atom. The van der Waals surface area contributed by atoms with Crippen molar-refractivity contribution >= 4 is 16.7 Å². The van der Waals surface area contributed by atoms with Crippen LogP contribution in [0.25, 0.3) is 0 Å². The highest BCUT2D eigenvalue weighted by molar-refractivity contribution is 7.09. The van der Waals surface area contributed by atoms with Crippen molar-refractivity contribution in [3.05, 3.63) is 5.82 Å². The van der Waals surface area contributed by atoms with E-state index in [1.54, 1.807) is 0 Å². The van der Waals surface area contributed by atoms with Crippen molar-refractivity contribution < 1.29 is 0 Å². The zero-order valence-electron chi connectivity index (χ0n) is 7.37. The second-order valence-corrected chi connectivity index (χ2v) is 4.32. The van der Waals surface area contributed by atoms with E-state index in [9.17, 15) is 0 Å². The van der Waals surface area contributed by atoms with Crippen molar-refractivity contribution in [2.24, 2.45) is 5.92 Å². The van der Waals surface area contributed by atoms with Gasteiger partial charge in [-0.05, 0) is 25.7 Å². The molecule has 1 aromatic rings. The topological polar surface area (TPSA) is 37.8 Å². The fraction of sp³-hybridized carbons (Fsp3) is 0.750. The standard InChI is InChI=1S/C8H13N3S/c1-5-3-7(4-5)10-8-9-6(2)11-12-8/h5,7H,3-4H2,1-2H3,(H,9,10,11). The molecule has 66 valence electrons. The molecule has 0 bridgehead atoms. The molecular weight excluding hydrogens is 170 g/mol. The fourth-order valence-electron chi connectivity index (χ4n) is 1.55. The van der Waals surface area contributed by atoms with E-state index in [2.05, 4.69) is 21.6 Å². The van der Waals surface area contributed by atoms with E-state index in [4.69, 9.17) is 0 Å². The van der Waals surface area contributed by atoms with Crippen LogP contribution in [0.1, 0.15) is 25.6 Å². The predicted octanol–water partition coefficient (Wildman–Crippen LogP) is 2.06. The summed E-state index contributed by atoms with van der Waals surface area (Å²) in [5, 5.41) is 4.35. The Hall–Kier alpha value is -0.640. The van der Waals surface area contributed by atoms with Crippen molar-refractivity contribution in [2.75, 3.05) is 5.32 Å². The van der Waals surface area contributed by atoms with Crippen LogP contribution in [0.15, 0.2) is 0 Å². The van der Waals surface area contributed by atoms with Crippen molar-refractivity contribution in [3.8, 4) is 0 Å². The lowest BCUT2D eigenvalue weighted by Gasteiger charge is -2.32. The molecule has 0 aliphatic heterocycles. The molecule has 0 spiro atoms. The lowest BCUT2D eigenvalue weighted by molar-refractivity contribution is 0.309. The van der Waals surface area contributed by atoms with Crippen LogP contribution in [0.5, 0.6) is 0 Å². The first-order valence-corrected chi connectivity index (χ1v) is 5.08. The summed E-state index contributed by atoms with van der Waals surface area (Å²) in [7, 11) is 0. The molecule has 0 amide bonds. The predicted molar refractivity (Wildman–Crippen MR) is 50.5 cm³/mol. The third-order valence-corrected chi connectivity index (χ3v) is 2.97. The van der Waals surface area contributed by atoms with E-state index in [1.807, 2.05) is 6.92 Å². The van der Waals surface area contributed by atoms with Crippen LogP contribution in [0.2, 0.25) is 0 Å². The van der Waals surface area contributed by atoms with E-state index < -0.39 is 0 Å². The average molecular weight is 183 g/mol. The number of rotatable bonds is 2. The van der Waals surface area contributed by atoms with Gasteiger partial charge in [-0.1, -0.05) is 6.92 Å². The summed E-state index contributed by atoms with van der Waals surface area (Å²) in [6.45, 7) is 4.20. The van der Waals surface area contributed by atoms with Gasteiger partial charge in [0.05, 0.1) is 0 Å². The van der Waals surface area contributed by atoms with E-state index in [0.29, 0.717) is 6.04 Å². The maximum atomic E-state index is 4.25. The van der Waals surface area contributed by atoms with Crippen molar-refractivity contribution in [2.45, 2.75) is 32.7 Å². The molecule has 4 heteroatoms. The monoisotopic (exact) mass is 183 g/mol. The maximum absolute atomic E-state index is 4.25. The third-order valence-electron chi connectivity index (χ3n) is 2.23. The van der Waals surface area contributed by atoms with Gasteiger partial charge in [0.2, 0.25) is 5.13 Å². The Balaban J connectivity index is 1.88. The van der Waals surface area contributed by atoms with Crippen molar-refractivity contribution in [3.63, 3.8) is 0 Å². The minimum Gasteiger partial charge on any atom is -0.358 e. The Morgan fingerprint density at radius 2 is 2.25 bits per heavy atom. The van der Waals surface area contributed by atoms with Gasteiger partial charge >= 0.3 is 0 Å². The smallest absolute Gasteiger partial charge is 0.202 e. The summed E-state index contributed by atoms with van der Waals surface area (Å²) >= 11 is 1.46. The summed E-state index contributed by atoms with van der Waals surface area (Å²) in [6.07, 6.45) is 2.55.